The molecule has 0 spiro atoms. The van der Waals surface area contributed by atoms with Crippen LogP contribution in [0.1, 0.15) is 60.8 Å². The van der Waals surface area contributed by atoms with Gasteiger partial charge in [0, 0.05) is 33.5 Å². The number of hydrogen-bond donors (Lipinski definition) is 3. The standard InChI is InChI=1S/C16H30N4O4.C4H10/c1-11(8-6-7-9-18-13(3)21)16(24)20(5)12(2)15(23)19-10-14(22)17-4;1-4(2)3/h11-12H,6-10H2,1-5H3,(H,17,22)(H,18,21)(H,19,23);4H,1-3H3/t11?,12-;/m0./s1. The molecule has 0 radical (unpaired) electrons. The Morgan fingerprint density at radius 1 is 0.929 bits per heavy atom. The summed E-state index contributed by atoms with van der Waals surface area (Å²) in [6, 6.07) is -0.649. The number of carbonyl (C=O) groups is 4. The van der Waals surface area contributed by atoms with Crippen LogP contribution < -0.4 is 16.0 Å². The van der Waals surface area contributed by atoms with Gasteiger partial charge in [-0.25, -0.2) is 0 Å². The van der Waals surface area contributed by atoms with E-state index in [1.54, 1.807) is 14.0 Å². The lowest BCUT2D eigenvalue weighted by atomic mass is 10.0. The fourth-order valence-electron chi connectivity index (χ4n) is 2.08. The van der Waals surface area contributed by atoms with E-state index < -0.39 is 6.04 Å². The monoisotopic (exact) mass is 400 g/mol. The van der Waals surface area contributed by atoms with Gasteiger partial charge < -0.3 is 20.9 Å². The molecule has 0 rings (SSSR count). The number of nitrogens with one attached hydrogen (secondary N) is 3. The van der Waals surface area contributed by atoms with Crippen molar-refractivity contribution in [2.24, 2.45) is 11.8 Å². The predicted octanol–water partition coefficient (Wildman–Crippen LogP) is 1.30. The molecule has 0 heterocycles. The molecule has 0 aromatic carbocycles. The Hall–Kier alpha value is -2.12. The van der Waals surface area contributed by atoms with Gasteiger partial charge in [0.2, 0.25) is 23.6 Å². The molecule has 0 aliphatic carbocycles. The summed E-state index contributed by atoms with van der Waals surface area (Å²) in [5, 5.41) is 7.62. The van der Waals surface area contributed by atoms with Gasteiger partial charge in [-0.1, -0.05) is 34.1 Å². The lowest BCUT2D eigenvalue weighted by molar-refractivity contribution is -0.141. The third-order valence-corrected chi connectivity index (χ3v) is 3.87. The highest BCUT2D eigenvalue weighted by Crippen LogP contribution is 2.12. The number of amides is 4. The third kappa shape index (κ3) is 15.0. The Bertz CT molecular complexity index is 492. The first-order valence-electron chi connectivity index (χ1n) is 9.93. The zero-order valence-electron chi connectivity index (χ0n) is 18.8. The number of unbranched alkanes of at least 4 members (excludes halogenated alkanes) is 1. The van der Waals surface area contributed by atoms with E-state index in [4.69, 9.17) is 0 Å². The molecule has 0 saturated carbocycles. The van der Waals surface area contributed by atoms with Crippen molar-refractivity contribution < 1.29 is 19.2 Å². The van der Waals surface area contributed by atoms with Gasteiger partial charge in [-0.15, -0.1) is 0 Å². The van der Waals surface area contributed by atoms with Crippen LogP contribution in [-0.4, -0.2) is 61.8 Å². The van der Waals surface area contributed by atoms with Crippen LogP contribution in [0.2, 0.25) is 0 Å². The molecule has 164 valence electrons. The number of nitrogens with zero attached hydrogens (tertiary/aromatic N) is 1. The van der Waals surface area contributed by atoms with E-state index in [0.717, 1.165) is 18.8 Å². The molecular weight excluding hydrogens is 360 g/mol. The first-order valence-corrected chi connectivity index (χ1v) is 9.93. The van der Waals surface area contributed by atoms with E-state index in [-0.39, 0.29) is 36.1 Å². The summed E-state index contributed by atoms with van der Waals surface area (Å²) in [5.74, 6) is -0.210. The molecule has 0 aromatic rings. The normalized spacial score (nSPS) is 12.2. The van der Waals surface area contributed by atoms with Gasteiger partial charge in [-0.2, -0.15) is 0 Å². The molecule has 4 amide bonds. The van der Waals surface area contributed by atoms with E-state index in [1.165, 1.54) is 18.9 Å². The van der Waals surface area contributed by atoms with Crippen molar-refractivity contribution in [1.29, 1.82) is 0 Å². The maximum Gasteiger partial charge on any atom is 0.242 e. The first-order chi connectivity index (χ1) is 12.9. The minimum atomic E-state index is -0.649. The summed E-state index contributed by atoms with van der Waals surface area (Å²) in [6.45, 7) is 11.9. The van der Waals surface area contributed by atoms with Crippen LogP contribution in [0.25, 0.3) is 0 Å². The van der Waals surface area contributed by atoms with E-state index >= 15 is 0 Å². The van der Waals surface area contributed by atoms with Gasteiger partial charge in [-0.3, -0.25) is 19.2 Å². The number of hydrogen-bond acceptors (Lipinski definition) is 4. The molecule has 8 heteroatoms. The molecule has 0 saturated heterocycles. The third-order valence-electron chi connectivity index (χ3n) is 3.87. The molecule has 2 atom stereocenters. The van der Waals surface area contributed by atoms with Crippen molar-refractivity contribution in [2.45, 2.75) is 66.8 Å². The second kappa shape index (κ2) is 15.9. The molecule has 0 aliphatic heterocycles. The maximum absolute atomic E-state index is 12.4. The van der Waals surface area contributed by atoms with E-state index in [9.17, 15) is 19.2 Å². The largest absolute Gasteiger partial charge is 0.358 e. The molecular formula is C20H40N4O4. The maximum atomic E-state index is 12.4. The molecule has 3 N–H and O–H groups in total. The highest BCUT2D eigenvalue weighted by Gasteiger charge is 2.25. The Morgan fingerprint density at radius 2 is 1.46 bits per heavy atom. The van der Waals surface area contributed by atoms with E-state index in [1.807, 2.05) is 6.92 Å². The summed E-state index contributed by atoms with van der Waals surface area (Å²) in [6.07, 6.45) is 2.32. The number of rotatable bonds is 10. The highest BCUT2D eigenvalue weighted by atomic mass is 16.2. The van der Waals surface area contributed by atoms with Crippen LogP contribution in [0.4, 0.5) is 0 Å². The summed E-state index contributed by atoms with van der Waals surface area (Å²) in [4.78, 5) is 47.6. The van der Waals surface area contributed by atoms with Crippen LogP contribution in [0.15, 0.2) is 0 Å². The predicted molar refractivity (Wildman–Crippen MR) is 112 cm³/mol. The second-order valence-corrected chi connectivity index (χ2v) is 7.63. The minimum Gasteiger partial charge on any atom is -0.358 e. The van der Waals surface area contributed by atoms with Crippen LogP contribution in [0, 0.1) is 11.8 Å². The molecule has 28 heavy (non-hydrogen) atoms. The van der Waals surface area contributed by atoms with Crippen molar-refractivity contribution in [3.63, 3.8) is 0 Å². The fourth-order valence-corrected chi connectivity index (χ4v) is 2.08. The van der Waals surface area contributed by atoms with Crippen molar-refractivity contribution >= 4 is 23.6 Å². The molecule has 0 fully saturated rings. The SMILES string of the molecule is CC(C)C.CNC(=O)CNC(=O)[C@H](C)N(C)C(=O)C(C)CCCCNC(C)=O. The van der Waals surface area contributed by atoms with Crippen molar-refractivity contribution in [3.05, 3.63) is 0 Å². The summed E-state index contributed by atoms with van der Waals surface area (Å²) in [7, 11) is 3.07. The quantitative estimate of drug-likeness (QED) is 0.480. The van der Waals surface area contributed by atoms with E-state index in [0.29, 0.717) is 13.0 Å². The summed E-state index contributed by atoms with van der Waals surface area (Å²) >= 11 is 0. The lowest BCUT2D eigenvalue weighted by Gasteiger charge is -2.27. The zero-order chi connectivity index (χ0) is 22.3. The Labute approximate surface area is 170 Å². The summed E-state index contributed by atoms with van der Waals surface area (Å²) in [5.41, 5.74) is 0. The summed E-state index contributed by atoms with van der Waals surface area (Å²) < 4.78 is 0. The van der Waals surface area contributed by atoms with Crippen LogP contribution in [0.5, 0.6) is 0 Å². The Balaban J connectivity index is 0. The van der Waals surface area contributed by atoms with E-state index in [2.05, 4.69) is 36.7 Å². The van der Waals surface area contributed by atoms with Crippen LogP contribution in [0.3, 0.4) is 0 Å². The lowest BCUT2D eigenvalue weighted by Crippen LogP contribution is -2.49. The minimum absolute atomic E-state index is 0.0598. The van der Waals surface area contributed by atoms with Crippen LogP contribution >= 0.6 is 0 Å². The van der Waals surface area contributed by atoms with Gasteiger partial charge in [0.05, 0.1) is 6.54 Å². The first kappa shape index (κ1) is 28.1. The average Bonchev–Trinajstić information content (AvgIpc) is 2.62. The fraction of sp³-hybridized carbons (Fsp3) is 0.800. The molecule has 0 aliphatic rings. The van der Waals surface area contributed by atoms with Gasteiger partial charge in [0.1, 0.15) is 6.04 Å². The molecule has 0 aromatic heterocycles. The average molecular weight is 401 g/mol. The molecule has 1 unspecified atom stereocenters. The topological polar surface area (TPSA) is 108 Å². The van der Waals surface area contributed by atoms with Crippen molar-refractivity contribution in [1.82, 2.24) is 20.9 Å². The molecule has 8 nitrogen and oxygen atoms in total. The number of likely N-dealkylation sites (N-methyl/N-ethyl adjacent to an activating group) is 2. The number of carbonyl (C=O) groups excluding carboxylic acids is 4. The Kier molecular flexibility index (Phi) is 15.9. The van der Waals surface area contributed by atoms with Gasteiger partial charge in [0.25, 0.3) is 0 Å². The Morgan fingerprint density at radius 3 is 1.93 bits per heavy atom. The molecule has 0 bridgehead atoms. The van der Waals surface area contributed by atoms with Gasteiger partial charge in [0.15, 0.2) is 0 Å². The highest BCUT2D eigenvalue weighted by molar-refractivity contribution is 5.90. The van der Waals surface area contributed by atoms with Crippen molar-refractivity contribution in [3.8, 4) is 0 Å². The second-order valence-electron chi connectivity index (χ2n) is 7.63. The van der Waals surface area contributed by atoms with Crippen LogP contribution in [-0.2, 0) is 19.2 Å². The smallest absolute Gasteiger partial charge is 0.242 e. The zero-order valence-corrected chi connectivity index (χ0v) is 18.8. The van der Waals surface area contributed by atoms with Crippen molar-refractivity contribution in [2.75, 3.05) is 27.2 Å². The van der Waals surface area contributed by atoms with Gasteiger partial charge >= 0.3 is 0 Å². The van der Waals surface area contributed by atoms with Gasteiger partial charge in [-0.05, 0) is 25.7 Å².